The lowest BCUT2D eigenvalue weighted by molar-refractivity contribution is -0.125. The number of carbonyl (C=O) groups is 1. The van der Waals surface area contributed by atoms with Crippen LogP contribution in [0.25, 0.3) is 10.2 Å². The summed E-state index contributed by atoms with van der Waals surface area (Å²) in [6.07, 6.45) is 0. The summed E-state index contributed by atoms with van der Waals surface area (Å²) in [7, 11) is 0. The highest BCUT2D eigenvalue weighted by Crippen LogP contribution is 2.35. The standard InChI is InChI=1S/C22H30N4OS/c1-14(2)17-9-8-10-18-19(17)23-21(28-18)25(20(27)22(5,6)7)11-12-26-16(4)13-15(3)24-26/h8-10,13-14H,11-12H2,1-7H3. The van der Waals surface area contributed by atoms with Crippen LogP contribution in [0.15, 0.2) is 24.3 Å². The van der Waals surface area contributed by atoms with E-state index in [0.717, 1.165) is 26.7 Å². The number of thiazole rings is 1. The van der Waals surface area contributed by atoms with E-state index in [2.05, 4.69) is 43.2 Å². The number of fused-ring (bicyclic) bond motifs is 1. The van der Waals surface area contributed by atoms with Crippen molar-refractivity contribution >= 4 is 32.6 Å². The van der Waals surface area contributed by atoms with E-state index in [9.17, 15) is 4.79 Å². The van der Waals surface area contributed by atoms with Gasteiger partial charge in [-0.15, -0.1) is 0 Å². The van der Waals surface area contributed by atoms with Gasteiger partial charge in [-0.05, 0) is 37.5 Å². The zero-order valence-electron chi connectivity index (χ0n) is 17.9. The fraction of sp³-hybridized carbons (Fsp3) is 0.500. The molecular weight excluding hydrogens is 368 g/mol. The zero-order chi connectivity index (χ0) is 20.6. The molecule has 0 aliphatic heterocycles. The zero-order valence-corrected chi connectivity index (χ0v) is 18.7. The second-order valence-corrected chi connectivity index (χ2v) is 9.71. The molecule has 0 bridgehead atoms. The Kier molecular flexibility index (Phi) is 5.62. The van der Waals surface area contributed by atoms with E-state index < -0.39 is 5.41 Å². The van der Waals surface area contributed by atoms with Crippen LogP contribution in [0, 0.1) is 19.3 Å². The number of aromatic nitrogens is 3. The van der Waals surface area contributed by atoms with Crippen LogP contribution in [-0.2, 0) is 11.3 Å². The van der Waals surface area contributed by atoms with Crippen molar-refractivity contribution in [2.75, 3.05) is 11.4 Å². The number of anilines is 1. The third-order valence-corrected chi connectivity index (χ3v) is 5.86. The second kappa shape index (κ2) is 7.66. The lowest BCUT2D eigenvalue weighted by Crippen LogP contribution is -2.41. The molecule has 0 saturated heterocycles. The minimum Gasteiger partial charge on any atom is -0.286 e. The third kappa shape index (κ3) is 4.12. The molecule has 0 aliphatic rings. The van der Waals surface area contributed by atoms with Crippen molar-refractivity contribution in [1.29, 1.82) is 0 Å². The third-order valence-electron chi connectivity index (χ3n) is 4.82. The average molecular weight is 399 g/mol. The van der Waals surface area contributed by atoms with Crippen LogP contribution in [0.3, 0.4) is 0 Å². The van der Waals surface area contributed by atoms with E-state index in [1.54, 1.807) is 11.3 Å². The smallest absolute Gasteiger partial charge is 0.234 e. The molecule has 0 saturated carbocycles. The SMILES string of the molecule is Cc1cc(C)n(CCN(C(=O)C(C)(C)C)c2nc3c(C(C)C)cccc3s2)n1. The summed E-state index contributed by atoms with van der Waals surface area (Å²) in [4.78, 5) is 20.0. The first-order valence-corrected chi connectivity index (χ1v) is 10.6. The number of nitrogens with zero attached hydrogens (tertiary/aromatic N) is 4. The fourth-order valence-electron chi connectivity index (χ4n) is 3.32. The number of aryl methyl sites for hydroxylation is 2. The van der Waals surface area contributed by atoms with E-state index in [1.807, 2.05) is 44.2 Å². The Labute approximate surface area is 171 Å². The van der Waals surface area contributed by atoms with E-state index in [1.165, 1.54) is 5.56 Å². The van der Waals surface area contributed by atoms with Crippen molar-refractivity contribution in [3.05, 3.63) is 41.2 Å². The fourth-order valence-corrected chi connectivity index (χ4v) is 4.35. The summed E-state index contributed by atoms with van der Waals surface area (Å²) >= 11 is 1.59. The highest BCUT2D eigenvalue weighted by atomic mass is 32.1. The van der Waals surface area contributed by atoms with Crippen LogP contribution < -0.4 is 4.90 Å². The monoisotopic (exact) mass is 398 g/mol. The molecule has 150 valence electrons. The minimum atomic E-state index is -0.478. The number of rotatable bonds is 5. The molecule has 1 amide bonds. The number of amides is 1. The Hall–Kier alpha value is -2.21. The summed E-state index contributed by atoms with van der Waals surface area (Å²) in [5.74, 6) is 0.472. The normalized spacial score (nSPS) is 12.1. The van der Waals surface area contributed by atoms with Gasteiger partial charge in [-0.2, -0.15) is 5.10 Å². The molecule has 3 rings (SSSR count). The van der Waals surface area contributed by atoms with Gasteiger partial charge >= 0.3 is 0 Å². The number of hydrogen-bond acceptors (Lipinski definition) is 4. The topological polar surface area (TPSA) is 51.0 Å². The van der Waals surface area contributed by atoms with Crippen LogP contribution in [0.4, 0.5) is 5.13 Å². The quantitative estimate of drug-likeness (QED) is 0.585. The first kappa shape index (κ1) is 20.5. The molecule has 3 aromatic rings. The number of benzene rings is 1. The van der Waals surface area contributed by atoms with Crippen molar-refractivity contribution in [3.8, 4) is 0 Å². The van der Waals surface area contributed by atoms with Crippen LogP contribution in [0.2, 0.25) is 0 Å². The lowest BCUT2D eigenvalue weighted by atomic mass is 9.95. The minimum absolute atomic E-state index is 0.0826. The molecule has 2 aromatic heterocycles. The largest absolute Gasteiger partial charge is 0.286 e. The van der Waals surface area contributed by atoms with Gasteiger partial charge in [0.2, 0.25) is 5.91 Å². The molecule has 2 heterocycles. The van der Waals surface area contributed by atoms with Crippen LogP contribution >= 0.6 is 11.3 Å². The first-order chi connectivity index (χ1) is 13.1. The van der Waals surface area contributed by atoms with Crippen molar-refractivity contribution in [3.63, 3.8) is 0 Å². The molecule has 0 radical (unpaired) electrons. The van der Waals surface area contributed by atoms with Crippen LogP contribution in [0.1, 0.15) is 57.5 Å². The molecule has 28 heavy (non-hydrogen) atoms. The second-order valence-electron chi connectivity index (χ2n) is 8.70. The summed E-state index contributed by atoms with van der Waals surface area (Å²) in [5.41, 5.74) is 3.85. The van der Waals surface area contributed by atoms with Crippen LogP contribution in [0.5, 0.6) is 0 Å². The summed E-state index contributed by atoms with van der Waals surface area (Å²) in [5, 5.41) is 5.31. The Bertz CT molecular complexity index is 994. The number of hydrogen-bond donors (Lipinski definition) is 0. The lowest BCUT2D eigenvalue weighted by Gasteiger charge is -2.27. The van der Waals surface area contributed by atoms with Gasteiger partial charge < -0.3 is 0 Å². The molecule has 1 aromatic carbocycles. The Morgan fingerprint density at radius 2 is 1.96 bits per heavy atom. The first-order valence-electron chi connectivity index (χ1n) is 9.80. The molecule has 0 fully saturated rings. The van der Waals surface area contributed by atoms with E-state index in [4.69, 9.17) is 4.98 Å². The average Bonchev–Trinajstić information content (AvgIpc) is 3.16. The van der Waals surface area contributed by atoms with Crippen molar-refractivity contribution < 1.29 is 4.79 Å². The molecule has 0 N–H and O–H groups in total. The van der Waals surface area contributed by atoms with Gasteiger partial charge in [0.1, 0.15) is 0 Å². The highest BCUT2D eigenvalue weighted by molar-refractivity contribution is 7.22. The van der Waals surface area contributed by atoms with Crippen molar-refractivity contribution in [1.82, 2.24) is 14.8 Å². The van der Waals surface area contributed by atoms with Gasteiger partial charge in [0.25, 0.3) is 0 Å². The van der Waals surface area contributed by atoms with Gasteiger partial charge in [-0.3, -0.25) is 14.4 Å². The molecule has 0 aliphatic carbocycles. The van der Waals surface area contributed by atoms with Gasteiger partial charge in [-0.25, -0.2) is 4.98 Å². The Morgan fingerprint density at radius 3 is 2.54 bits per heavy atom. The summed E-state index contributed by atoms with van der Waals surface area (Å²) in [6.45, 7) is 15.5. The van der Waals surface area contributed by atoms with Gasteiger partial charge in [0.15, 0.2) is 5.13 Å². The van der Waals surface area contributed by atoms with Gasteiger partial charge in [-0.1, -0.05) is 58.1 Å². The highest BCUT2D eigenvalue weighted by Gasteiger charge is 2.30. The van der Waals surface area contributed by atoms with Crippen molar-refractivity contribution in [2.45, 2.75) is 60.9 Å². The Morgan fingerprint density at radius 1 is 1.25 bits per heavy atom. The molecule has 5 nitrogen and oxygen atoms in total. The summed E-state index contributed by atoms with van der Waals surface area (Å²) in [6, 6.07) is 8.35. The van der Waals surface area contributed by atoms with E-state index in [0.29, 0.717) is 19.0 Å². The van der Waals surface area contributed by atoms with Crippen LogP contribution in [-0.4, -0.2) is 27.2 Å². The molecule has 0 unspecified atom stereocenters. The predicted molar refractivity (Wildman–Crippen MR) is 117 cm³/mol. The maximum absolute atomic E-state index is 13.2. The Balaban J connectivity index is 1.99. The maximum Gasteiger partial charge on any atom is 0.234 e. The molecule has 0 atom stereocenters. The number of para-hydroxylation sites is 1. The predicted octanol–water partition coefficient (Wildman–Crippen LogP) is 5.31. The molecule has 6 heteroatoms. The van der Waals surface area contributed by atoms with Gasteiger partial charge in [0, 0.05) is 17.7 Å². The number of carbonyl (C=O) groups excluding carboxylic acids is 1. The maximum atomic E-state index is 13.2. The summed E-state index contributed by atoms with van der Waals surface area (Å²) < 4.78 is 3.09. The van der Waals surface area contributed by atoms with E-state index >= 15 is 0 Å². The van der Waals surface area contributed by atoms with E-state index in [-0.39, 0.29) is 5.91 Å². The molecule has 0 spiro atoms. The van der Waals surface area contributed by atoms with Crippen molar-refractivity contribution in [2.24, 2.45) is 5.41 Å². The molecular formula is C22H30N4OS. The van der Waals surface area contributed by atoms with Gasteiger partial charge in [0.05, 0.1) is 22.5 Å².